The molecule has 0 aliphatic heterocycles. The number of nitrogens with zero attached hydrogens (tertiary/aromatic N) is 1. The van der Waals surface area contributed by atoms with Crippen LogP contribution in [-0.2, 0) is 4.74 Å². The Labute approximate surface area is 89.4 Å². The van der Waals surface area contributed by atoms with E-state index in [-0.39, 0.29) is 6.10 Å². The van der Waals surface area contributed by atoms with Gasteiger partial charge in [-0.05, 0) is 20.4 Å². The van der Waals surface area contributed by atoms with Crippen molar-refractivity contribution in [1.29, 1.82) is 5.26 Å². The average molecular weight is 220 g/mol. The first-order valence-electron chi connectivity index (χ1n) is 4.99. The summed E-state index contributed by atoms with van der Waals surface area (Å²) in [6.07, 6.45) is -2.42. The summed E-state index contributed by atoms with van der Waals surface area (Å²) in [4.78, 5) is 0. The largest absolute Gasteiger partial charge is 0.372 e. The lowest BCUT2D eigenvalue weighted by molar-refractivity contribution is -0.0252. The van der Waals surface area contributed by atoms with Crippen molar-refractivity contribution in [1.82, 2.24) is 5.32 Å². The first-order valence-corrected chi connectivity index (χ1v) is 4.99. The van der Waals surface area contributed by atoms with Crippen LogP contribution in [0.15, 0.2) is 0 Å². The Kier molecular flexibility index (Phi) is 6.37. The van der Waals surface area contributed by atoms with E-state index in [4.69, 9.17) is 10.00 Å². The maximum absolute atomic E-state index is 11.9. The van der Waals surface area contributed by atoms with Crippen LogP contribution >= 0.6 is 0 Å². The lowest BCUT2D eigenvalue weighted by atomic mass is 9.96. The van der Waals surface area contributed by atoms with Gasteiger partial charge in [-0.1, -0.05) is 6.92 Å². The quantitative estimate of drug-likeness (QED) is 0.713. The molecule has 0 aliphatic rings. The van der Waals surface area contributed by atoms with Gasteiger partial charge in [0, 0.05) is 6.42 Å². The van der Waals surface area contributed by atoms with Crippen molar-refractivity contribution in [3.63, 3.8) is 0 Å². The van der Waals surface area contributed by atoms with Crippen LogP contribution in [0.4, 0.5) is 8.78 Å². The minimum absolute atomic E-state index is 0.359. The highest BCUT2D eigenvalue weighted by Gasteiger charge is 2.25. The Balaban J connectivity index is 4.02. The maximum atomic E-state index is 11.9. The monoisotopic (exact) mass is 220 g/mol. The van der Waals surface area contributed by atoms with Gasteiger partial charge in [0.05, 0.1) is 12.2 Å². The van der Waals surface area contributed by atoms with Gasteiger partial charge in [0.15, 0.2) is 0 Å². The highest BCUT2D eigenvalue weighted by molar-refractivity contribution is 5.04. The molecule has 0 heterocycles. The number of hydrogen-bond donors (Lipinski definition) is 1. The summed E-state index contributed by atoms with van der Waals surface area (Å²) in [5, 5.41) is 11.9. The van der Waals surface area contributed by atoms with E-state index in [0.29, 0.717) is 13.0 Å². The predicted molar refractivity (Wildman–Crippen MR) is 53.7 cm³/mol. The molecule has 3 nitrogen and oxygen atoms in total. The molecule has 0 aliphatic carbocycles. The zero-order valence-corrected chi connectivity index (χ0v) is 9.39. The van der Waals surface area contributed by atoms with E-state index >= 15 is 0 Å². The van der Waals surface area contributed by atoms with Gasteiger partial charge in [0.1, 0.15) is 12.1 Å². The van der Waals surface area contributed by atoms with Gasteiger partial charge in [-0.2, -0.15) is 5.26 Å². The summed E-state index contributed by atoms with van der Waals surface area (Å²) in [7, 11) is 0. The van der Waals surface area contributed by atoms with Gasteiger partial charge in [-0.3, -0.25) is 5.32 Å². The summed E-state index contributed by atoms with van der Waals surface area (Å²) in [5.74, 6) is 0. The Bertz CT molecular complexity index is 218. The van der Waals surface area contributed by atoms with Crippen molar-refractivity contribution in [2.24, 2.45) is 0 Å². The van der Waals surface area contributed by atoms with E-state index in [2.05, 4.69) is 11.4 Å². The topological polar surface area (TPSA) is 45.0 Å². The molecule has 2 unspecified atom stereocenters. The molecule has 1 N–H and O–H groups in total. The van der Waals surface area contributed by atoms with Crippen LogP contribution in [0.2, 0.25) is 0 Å². The lowest BCUT2D eigenvalue weighted by Crippen LogP contribution is -2.43. The number of alkyl halides is 2. The maximum Gasteiger partial charge on any atom is 0.261 e. The van der Waals surface area contributed by atoms with E-state index < -0.39 is 18.6 Å². The molecule has 0 aromatic carbocycles. The van der Waals surface area contributed by atoms with E-state index in [0.717, 1.165) is 0 Å². The molecule has 15 heavy (non-hydrogen) atoms. The van der Waals surface area contributed by atoms with Crippen molar-refractivity contribution in [3.05, 3.63) is 0 Å². The van der Waals surface area contributed by atoms with Gasteiger partial charge < -0.3 is 4.74 Å². The smallest absolute Gasteiger partial charge is 0.261 e. The first kappa shape index (κ1) is 14.3. The number of hydrogen-bond acceptors (Lipinski definition) is 3. The number of ether oxygens (including phenoxy) is 1. The molecular weight excluding hydrogens is 202 g/mol. The Morgan fingerprint density at radius 1 is 1.53 bits per heavy atom. The number of halogens is 2. The number of nitriles is 1. The molecule has 0 aromatic rings. The molecule has 0 bridgehead atoms. The molecule has 0 fully saturated rings. The Morgan fingerprint density at radius 3 is 2.53 bits per heavy atom. The van der Waals surface area contributed by atoms with Crippen LogP contribution in [0.3, 0.4) is 0 Å². The first-order chi connectivity index (χ1) is 6.93. The fourth-order valence-corrected chi connectivity index (χ4v) is 1.42. The van der Waals surface area contributed by atoms with Crippen molar-refractivity contribution in [2.45, 2.75) is 45.3 Å². The molecule has 2 atom stereocenters. The molecule has 0 aromatic heterocycles. The van der Waals surface area contributed by atoms with Gasteiger partial charge in [0.2, 0.25) is 0 Å². The second kappa shape index (κ2) is 6.70. The van der Waals surface area contributed by atoms with Crippen LogP contribution in [0.1, 0.15) is 27.2 Å². The summed E-state index contributed by atoms with van der Waals surface area (Å²) < 4.78 is 28.6. The third-order valence-corrected chi connectivity index (χ3v) is 2.02. The fraction of sp³-hybridized carbons (Fsp3) is 0.900. The van der Waals surface area contributed by atoms with E-state index in [1.54, 1.807) is 13.8 Å². The van der Waals surface area contributed by atoms with Crippen LogP contribution < -0.4 is 5.32 Å². The molecule has 0 amide bonds. The third-order valence-electron chi connectivity index (χ3n) is 2.02. The second-order valence-corrected chi connectivity index (χ2v) is 3.71. The van der Waals surface area contributed by atoms with Crippen LogP contribution in [0.5, 0.6) is 0 Å². The summed E-state index contributed by atoms with van der Waals surface area (Å²) in [5.41, 5.74) is -0.712. The lowest BCUT2D eigenvalue weighted by Gasteiger charge is -2.26. The zero-order chi connectivity index (χ0) is 11.9. The molecule has 0 rings (SSSR count). The highest BCUT2D eigenvalue weighted by atomic mass is 19.3. The summed E-state index contributed by atoms with van der Waals surface area (Å²) in [6, 6.07) is 2.12. The molecule has 0 spiro atoms. The van der Waals surface area contributed by atoms with Crippen molar-refractivity contribution >= 4 is 0 Å². The SMILES string of the molecule is CCNC(C)(C#N)CC(C)OCC(F)F. The molecule has 88 valence electrons. The van der Waals surface area contributed by atoms with Crippen LogP contribution in [0, 0.1) is 11.3 Å². The van der Waals surface area contributed by atoms with Crippen LogP contribution in [0.25, 0.3) is 0 Å². The molecule has 5 heteroatoms. The Morgan fingerprint density at radius 2 is 2.13 bits per heavy atom. The average Bonchev–Trinajstić information content (AvgIpc) is 2.15. The second-order valence-electron chi connectivity index (χ2n) is 3.71. The fourth-order valence-electron chi connectivity index (χ4n) is 1.42. The van der Waals surface area contributed by atoms with E-state index in [9.17, 15) is 8.78 Å². The number of nitrogens with one attached hydrogen (secondary N) is 1. The minimum Gasteiger partial charge on any atom is -0.372 e. The zero-order valence-electron chi connectivity index (χ0n) is 9.39. The summed E-state index contributed by atoms with van der Waals surface area (Å²) in [6.45, 7) is 5.40. The number of rotatable bonds is 7. The van der Waals surface area contributed by atoms with Gasteiger partial charge in [-0.25, -0.2) is 8.78 Å². The third kappa shape index (κ3) is 6.37. The van der Waals surface area contributed by atoms with E-state index in [1.165, 1.54) is 0 Å². The van der Waals surface area contributed by atoms with Gasteiger partial charge in [-0.15, -0.1) is 0 Å². The highest BCUT2D eigenvalue weighted by Crippen LogP contribution is 2.14. The van der Waals surface area contributed by atoms with Crippen molar-refractivity contribution in [2.75, 3.05) is 13.2 Å². The molecular formula is C10H18F2N2O. The molecule has 0 saturated carbocycles. The summed E-state index contributed by atoms with van der Waals surface area (Å²) >= 11 is 0. The molecule has 0 saturated heterocycles. The van der Waals surface area contributed by atoms with Crippen molar-refractivity contribution < 1.29 is 13.5 Å². The van der Waals surface area contributed by atoms with E-state index in [1.807, 2.05) is 6.92 Å². The van der Waals surface area contributed by atoms with Crippen molar-refractivity contribution in [3.8, 4) is 6.07 Å². The van der Waals surface area contributed by atoms with Crippen LogP contribution in [-0.4, -0.2) is 31.2 Å². The normalized spacial score (nSPS) is 17.1. The predicted octanol–water partition coefficient (Wildman–Crippen LogP) is 1.94. The standard InChI is InChI=1S/C10H18F2N2O/c1-4-14-10(3,7-13)5-8(2)15-6-9(11)12/h8-9,14H,4-6H2,1-3H3. The molecule has 0 radical (unpaired) electrons. The Hall–Kier alpha value is -0.730. The minimum atomic E-state index is -2.46. The van der Waals surface area contributed by atoms with Gasteiger partial charge >= 0.3 is 0 Å². The van der Waals surface area contributed by atoms with Gasteiger partial charge in [0.25, 0.3) is 6.43 Å².